The maximum Gasteiger partial charge on any atom is 0.255 e. The highest BCUT2D eigenvalue weighted by Gasteiger charge is 2.11. The maximum absolute atomic E-state index is 13.0. The highest BCUT2D eigenvalue weighted by Crippen LogP contribution is 2.19. The standard InChI is InChI=1S/C15H16FN3O/c1-9-8-12(19-17)4-5-13(9)15(20)18-14-6-3-11(16)7-10(14)2/h3-8,19H,17H2,1-2H3,(H,18,20). The average molecular weight is 273 g/mol. The quantitative estimate of drug-likeness (QED) is 0.595. The highest BCUT2D eigenvalue weighted by molar-refractivity contribution is 6.05. The minimum atomic E-state index is -0.324. The topological polar surface area (TPSA) is 67.2 Å². The largest absolute Gasteiger partial charge is 0.324 e. The van der Waals surface area contributed by atoms with E-state index in [9.17, 15) is 9.18 Å². The molecule has 0 radical (unpaired) electrons. The average Bonchev–Trinajstić information content (AvgIpc) is 2.41. The van der Waals surface area contributed by atoms with E-state index in [1.165, 1.54) is 12.1 Å². The summed E-state index contributed by atoms with van der Waals surface area (Å²) in [5.74, 6) is 4.76. The molecule has 0 aromatic heterocycles. The van der Waals surface area contributed by atoms with Gasteiger partial charge in [-0.3, -0.25) is 10.6 Å². The zero-order chi connectivity index (χ0) is 14.7. The Balaban J connectivity index is 2.24. The number of anilines is 2. The molecule has 0 spiro atoms. The zero-order valence-corrected chi connectivity index (χ0v) is 11.3. The smallest absolute Gasteiger partial charge is 0.255 e. The Morgan fingerprint density at radius 1 is 1.10 bits per heavy atom. The molecule has 2 rings (SSSR count). The van der Waals surface area contributed by atoms with E-state index in [1.807, 2.05) is 6.92 Å². The molecule has 0 fully saturated rings. The van der Waals surface area contributed by atoms with Gasteiger partial charge in [0, 0.05) is 16.9 Å². The molecular weight excluding hydrogens is 257 g/mol. The molecule has 0 aliphatic rings. The predicted molar refractivity (Wildman–Crippen MR) is 78.1 cm³/mol. The van der Waals surface area contributed by atoms with Gasteiger partial charge < -0.3 is 10.7 Å². The second-order valence-corrected chi connectivity index (χ2v) is 4.59. The molecular formula is C15H16FN3O. The zero-order valence-electron chi connectivity index (χ0n) is 11.3. The second kappa shape index (κ2) is 5.71. The number of nitrogens with one attached hydrogen (secondary N) is 2. The summed E-state index contributed by atoms with van der Waals surface area (Å²) in [6.07, 6.45) is 0. The van der Waals surface area contributed by atoms with Crippen LogP contribution in [0.25, 0.3) is 0 Å². The van der Waals surface area contributed by atoms with Gasteiger partial charge in [0.25, 0.3) is 5.91 Å². The number of aryl methyl sites for hydroxylation is 2. The number of carbonyl (C=O) groups is 1. The number of carbonyl (C=O) groups excluding carboxylic acids is 1. The molecule has 1 amide bonds. The molecule has 2 aromatic carbocycles. The van der Waals surface area contributed by atoms with Crippen molar-refractivity contribution in [2.24, 2.45) is 5.84 Å². The summed E-state index contributed by atoms with van der Waals surface area (Å²) in [7, 11) is 0. The molecule has 0 aliphatic heterocycles. The van der Waals surface area contributed by atoms with Crippen LogP contribution in [-0.4, -0.2) is 5.91 Å². The third-order valence-corrected chi connectivity index (χ3v) is 3.07. The normalized spacial score (nSPS) is 10.2. The van der Waals surface area contributed by atoms with Gasteiger partial charge in [0.15, 0.2) is 0 Å². The van der Waals surface area contributed by atoms with Crippen LogP contribution in [0, 0.1) is 19.7 Å². The minimum Gasteiger partial charge on any atom is -0.324 e. The van der Waals surface area contributed by atoms with E-state index in [0.29, 0.717) is 16.8 Å². The van der Waals surface area contributed by atoms with E-state index in [2.05, 4.69) is 10.7 Å². The number of amides is 1. The van der Waals surface area contributed by atoms with Crippen LogP contribution in [0.3, 0.4) is 0 Å². The molecule has 104 valence electrons. The van der Waals surface area contributed by atoms with Crippen LogP contribution in [0.15, 0.2) is 36.4 Å². The van der Waals surface area contributed by atoms with Crippen molar-refractivity contribution in [1.82, 2.24) is 0 Å². The molecule has 0 heterocycles. The Hall–Kier alpha value is -2.40. The van der Waals surface area contributed by atoms with E-state index in [4.69, 9.17) is 5.84 Å². The lowest BCUT2D eigenvalue weighted by Gasteiger charge is -2.11. The van der Waals surface area contributed by atoms with Crippen molar-refractivity contribution in [3.8, 4) is 0 Å². The first-order valence-electron chi connectivity index (χ1n) is 6.16. The molecule has 0 saturated heterocycles. The number of benzene rings is 2. The SMILES string of the molecule is Cc1cc(F)ccc1NC(=O)c1ccc(NN)cc1C. The molecule has 0 saturated carbocycles. The molecule has 20 heavy (non-hydrogen) atoms. The summed E-state index contributed by atoms with van der Waals surface area (Å²) in [6.45, 7) is 3.57. The van der Waals surface area contributed by atoms with Crippen LogP contribution in [0.1, 0.15) is 21.5 Å². The van der Waals surface area contributed by atoms with Crippen LogP contribution in [0.5, 0.6) is 0 Å². The van der Waals surface area contributed by atoms with Gasteiger partial charge in [-0.15, -0.1) is 0 Å². The van der Waals surface area contributed by atoms with Crippen LogP contribution in [-0.2, 0) is 0 Å². The minimum absolute atomic E-state index is 0.235. The lowest BCUT2D eigenvalue weighted by molar-refractivity contribution is 0.102. The third kappa shape index (κ3) is 2.95. The number of halogens is 1. The van der Waals surface area contributed by atoms with E-state index in [0.717, 1.165) is 11.3 Å². The predicted octanol–water partition coefficient (Wildman–Crippen LogP) is 2.98. The van der Waals surface area contributed by atoms with Gasteiger partial charge in [0.05, 0.1) is 0 Å². The molecule has 0 atom stereocenters. The lowest BCUT2D eigenvalue weighted by atomic mass is 10.1. The van der Waals surface area contributed by atoms with Gasteiger partial charge >= 0.3 is 0 Å². The Kier molecular flexibility index (Phi) is 4.00. The summed E-state index contributed by atoms with van der Waals surface area (Å²) < 4.78 is 13.0. The van der Waals surface area contributed by atoms with Crippen LogP contribution >= 0.6 is 0 Å². The van der Waals surface area contributed by atoms with Gasteiger partial charge in [0.1, 0.15) is 5.82 Å². The summed E-state index contributed by atoms with van der Waals surface area (Å²) >= 11 is 0. The van der Waals surface area contributed by atoms with E-state index in [1.54, 1.807) is 31.2 Å². The molecule has 4 nitrogen and oxygen atoms in total. The van der Waals surface area contributed by atoms with Crippen molar-refractivity contribution >= 4 is 17.3 Å². The second-order valence-electron chi connectivity index (χ2n) is 4.59. The fourth-order valence-electron chi connectivity index (χ4n) is 1.97. The van der Waals surface area contributed by atoms with Crippen molar-refractivity contribution in [1.29, 1.82) is 0 Å². The van der Waals surface area contributed by atoms with Gasteiger partial charge in [-0.1, -0.05) is 0 Å². The van der Waals surface area contributed by atoms with Gasteiger partial charge in [-0.25, -0.2) is 4.39 Å². The van der Waals surface area contributed by atoms with Gasteiger partial charge in [-0.05, 0) is 61.4 Å². The maximum atomic E-state index is 13.0. The van der Waals surface area contributed by atoms with E-state index >= 15 is 0 Å². The summed E-state index contributed by atoms with van der Waals surface area (Å²) in [6, 6.07) is 9.44. The number of hydrazine groups is 1. The number of nitrogens with two attached hydrogens (primary N) is 1. The first-order valence-corrected chi connectivity index (χ1v) is 6.16. The monoisotopic (exact) mass is 273 g/mol. The molecule has 0 bridgehead atoms. The molecule has 0 aliphatic carbocycles. The Morgan fingerprint density at radius 2 is 1.85 bits per heavy atom. The fourth-order valence-corrected chi connectivity index (χ4v) is 1.97. The van der Waals surface area contributed by atoms with Crippen LogP contribution < -0.4 is 16.6 Å². The van der Waals surface area contributed by atoms with Crippen LogP contribution in [0.4, 0.5) is 15.8 Å². The van der Waals surface area contributed by atoms with E-state index in [-0.39, 0.29) is 11.7 Å². The molecule has 5 heteroatoms. The Labute approximate surface area is 116 Å². The highest BCUT2D eigenvalue weighted by atomic mass is 19.1. The number of nitrogen functional groups attached to an aromatic ring is 1. The number of hydrogen-bond acceptors (Lipinski definition) is 3. The van der Waals surface area contributed by atoms with E-state index < -0.39 is 0 Å². The fraction of sp³-hybridized carbons (Fsp3) is 0.133. The van der Waals surface area contributed by atoms with Gasteiger partial charge in [-0.2, -0.15) is 0 Å². The summed E-state index contributed by atoms with van der Waals surface area (Å²) in [5.41, 5.74) is 5.88. The lowest BCUT2D eigenvalue weighted by Crippen LogP contribution is -2.15. The van der Waals surface area contributed by atoms with Crippen molar-refractivity contribution in [3.63, 3.8) is 0 Å². The first-order chi connectivity index (χ1) is 9.51. The third-order valence-electron chi connectivity index (χ3n) is 3.07. The Morgan fingerprint density at radius 3 is 2.45 bits per heavy atom. The summed E-state index contributed by atoms with van der Waals surface area (Å²) in [5, 5.41) is 2.77. The van der Waals surface area contributed by atoms with Crippen molar-refractivity contribution < 1.29 is 9.18 Å². The number of rotatable bonds is 3. The molecule has 0 unspecified atom stereocenters. The Bertz CT molecular complexity index is 656. The van der Waals surface area contributed by atoms with Gasteiger partial charge in [0.2, 0.25) is 0 Å². The number of hydrogen-bond donors (Lipinski definition) is 3. The van der Waals surface area contributed by atoms with Crippen LogP contribution in [0.2, 0.25) is 0 Å². The van der Waals surface area contributed by atoms with Crippen molar-refractivity contribution in [2.75, 3.05) is 10.7 Å². The summed E-state index contributed by atoms with van der Waals surface area (Å²) in [4.78, 5) is 12.2. The van der Waals surface area contributed by atoms with Crippen molar-refractivity contribution in [2.45, 2.75) is 13.8 Å². The van der Waals surface area contributed by atoms with Crippen molar-refractivity contribution in [3.05, 3.63) is 58.9 Å². The first kappa shape index (κ1) is 14.0. The molecule has 2 aromatic rings. The molecule has 4 N–H and O–H groups in total.